The van der Waals surface area contributed by atoms with Gasteiger partial charge in [-0.15, -0.1) is 0 Å². The van der Waals surface area contributed by atoms with E-state index in [4.69, 9.17) is 9.51 Å². The Morgan fingerprint density at radius 2 is 1.96 bits per heavy atom. The lowest BCUT2D eigenvalue weighted by molar-refractivity contribution is 0.0604. The Bertz CT molecular complexity index is 980. The number of pyridine rings is 1. The molecule has 0 bridgehead atoms. The number of carbonyl (C=O) groups is 1. The summed E-state index contributed by atoms with van der Waals surface area (Å²) >= 11 is 0. The zero-order valence-corrected chi connectivity index (χ0v) is 16.3. The van der Waals surface area contributed by atoms with Crippen molar-refractivity contribution in [3.8, 4) is 11.1 Å². The Morgan fingerprint density at radius 3 is 2.68 bits per heavy atom. The average Bonchev–Trinajstić information content (AvgIpc) is 3.06. The molecule has 1 fully saturated rings. The van der Waals surface area contributed by atoms with Crippen LogP contribution in [0.1, 0.15) is 58.6 Å². The molecule has 4 rings (SSSR count). The third-order valence-corrected chi connectivity index (χ3v) is 5.26. The van der Waals surface area contributed by atoms with E-state index in [9.17, 15) is 4.79 Å². The second-order valence-electron chi connectivity index (χ2n) is 7.16. The molecule has 1 amide bonds. The highest BCUT2D eigenvalue weighted by atomic mass is 16.5. The largest absolute Gasteiger partial charge is 0.361 e. The minimum Gasteiger partial charge on any atom is -0.361 e. The van der Waals surface area contributed by atoms with Crippen molar-refractivity contribution in [1.82, 2.24) is 25.0 Å². The summed E-state index contributed by atoms with van der Waals surface area (Å²) in [7, 11) is 0. The fraction of sp³-hybridized carbons (Fsp3) is 0.381. The predicted octanol–water partition coefficient (Wildman–Crippen LogP) is 3.82. The fourth-order valence-corrected chi connectivity index (χ4v) is 3.89. The van der Waals surface area contributed by atoms with Gasteiger partial charge in [-0.05, 0) is 57.7 Å². The summed E-state index contributed by atoms with van der Waals surface area (Å²) in [6.07, 6.45) is 8.25. The summed E-state index contributed by atoms with van der Waals surface area (Å²) in [5.74, 6) is 1.21. The number of aromatic nitrogens is 4. The summed E-state index contributed by atoms with van der Waals surface area (Å²) in [5.41, 5.74) is 4.01. The standard InChI is InChI=1S/C21H23N5O2/c1-13-19(14(2)28-25-13)21(27)26-11-5-4-6-18(26)20-17(12-23-15(3)24-20)16-7-9-22-10-8-16/h7-10,12,18H,4-6,11H2,1-3H3. The average molecular weight is 377 g/mol. The van der Waals surface area contributed by atoms with Gasteiger partial charge in [0.1, 0.15) is 17.1 Å². The molecule has 1 atom stereocenters. The maximum atomic E-state index is 13.4. The van der Waals surface area contributed by atoms with Crippen molar-refractivity contribution >= 4 is 5.91 Å². The minimum atomic E-state index is -0.111. The molecule has 3 aromatic heterocycles. The third kappa shape index (κ3) is 3.28. The first-order chi connectivity index (χ1) is 13.6. The Hall–Kier alpha value is -3.09. The van der Waals surface area contributed by atoms with E-state index in [1.807, 2.05) is 30.2 Å². The van der Waals surface area contributed by atoms with E-state index in [-0.39, 0.29) is 11.9 Å². The summed E-state index contributed by atoms with van der Waals surface area (Å²) in [5, 5.41) is 3.95. The SMILES string of the molecule is Cc1ncc(-c2ccncc2)c(C2CCCCN2C(=O)c2c(C)noc2C)n1. The number of likely N-dealkylation sites (tertiary alicyclic amines) is 1. The molecule has 7 heteroatoms. The highest BCUT2D eigenvalue weighted by Gasteiger charge is 2.34. The molecule has 144 valence electrons. The number of aryl methyl sites for hydroxylation is 3. The quantitative estimate of drug-likeness (QED) is 0.690. The Morgan fingerprint density at radius 1 is 1.18 bits per heavy atom. The van der Waals surface area contributed by atoms with E-state index in [1.165, 1.54) is 0 Å². The van der Waals surface area contributed by atoms with Gasteiger partial charge in [0.15, 0.2) is 0 Å². The van der Waals surface area contributed by atoms with Crippen molar-refractivity contribution in [2.75, 3.05) is 6.54 Å². The van der Waals surface area contributed by atoms with Gasteiger partial charge < -0.3 is 9.42 Å². The number of carbonyl (C=O) groups excluding carboxylic acids is 1. The Kier molecular flexibility index (Phi) is 4.90. The van der Waals surface area contributed by atoms with Crippen molar-refractivity contribution < 1.29 is 9.32 Å². The summed E-state index contributed by atoms with van der Waals surface area (Å²) in [6, 6.07) is 3.78. The molecule has 28 heavy (non-hydrogen) atoms. The van der Waals surface area contributed by atoms with E-state index in [0.29, 0.717) is 29.4 Å². The lowest BCUT2D eigenvalue weighted by atomic mass is 9.93. The van der Waals surface area contributed by atoms with Crippen LogP contribution in [0.15, 0.2) is 35.2 Å². The highest BCUT2D eigenvalue weighted by Crippen LogP contribution is 2.36. The maximum absolute atomic E-state index is 13.4. The molecule has 0 radical (unpaired) electrons. The van der Waals surface area contributed by atoms with Gasteiger partial charge in [0.2, 0.25) is 0 Å². The smallest absolute Gasteiger partial charge is 0.259 e. The zero-order chi connectivity index (χ0) is 19.7. The first-order valence-electron chi connectivity index (χ1n) is 9.54. The second kappa shape index (κ2) is 7.50. The minimum absolute atomic E-state index is 0.0436. The van der Waals surface area contributed by atoms with Crippen molar-refractivity contribution in [3.05, 3.63) is 59.3 Å². The molecule has 0 aliphatic carbocycles. The number of piperidine rings is 1. The van der Waals surface area contributed by atoms with E-state index in [1.54, 1.807) is 26.2 Å². The zero-order valence-electron chi connectivity index (χ0n) is 16.3. The van der Waals surface area contributed by atoms with Crippen LogP contribution in [0.2, 0.25) is 0 Å². The van der Waals surface area contributed by atoms with Gasteiger partial charge in [-0.3, -0.25) is 9.78 Å². The molecule has 7 nitrogen and oxygen atoms in total. The van der Waals surface area contributed by atoms with Crippen molar-refractivity contribution in [1.29, 1.82) is 0 Å². The third-order valence-electron chi connectivity index (χ3n) is 5.26. The van der Waals surface area contributed by atoms with Gasteiger partial charge in [-0.1, -0.05) is 5.16 Å². The van der Waals surface area contributed by atoms with E-state index in [2.05, 4.69) is 15.1 Å². The topological polar surface area (TPSA) is 85.0 Å². The molecule has 0 saturated carbocycles. The molecule has 1 aliphatic heterocycles. The number of hydrogen-bond acceptors (Lipinski definition) is 6. The van der Waals surface area contributed by atoms with E-state index in [0.717, 1.165) is 36.1 Å². The maximum Gasteiger partial charge on any atom is 0.259 e. The van der Waals surface area contributed by atoms with Crippen molar-refractivity contribution in [2.24, 2.45) is 0 Å². The highest BCUT2D eigenvalue weighted by molar-refractivity contribution is 5.96. The number of amides is 1. The van der Waals surface area contributed by atoms with Crippen molar-refractivity contribution in [3.63, 3.8) is 0 Å². The first kappa shape index (κ1) is 18.3. The molecule has 1 saturated heterocycles. The van der Waals surface area contributed by atoms with Gasteiger partial charge in [-0.25, -0.2) is 9.97 Å². The van der Waals surface area contributed by atoms with Crippen LogP contribution in [0.25, 0.3) is 11.1 Å². The molecule has 0 N–H and O–H groups in total. The van der Waals surface area contributed by atoms with Crippen LogP contribution in [0.3, 0.4) is 0 Å². The van der Waals surface area contributed by atoms with Gasteiger partial charge in [0.25, 0.3) is 5.91 Å². The predicted molar refractivity (Wildman–Crippen MR) is 104 cm³/mol. The Balaban J connectivity index is 1.79. The van der Waals surface area contributed by atoms with E-state index < -0.39 is 0 Å². The number of hydrogen-bond donors (Lipinski definition) is 0. The monoisotopic (exact) mass is 377 g/mol. The lowest BCUT2D eigenvalue weighted by Gasteiger charge is -2.36. The summed E-state index contributed by atoms with van der Waals surface area (Å²) in [4.78, 5) is 28.6. The normalized spacial score (nSPS) is 17.0. The van der Waals surface area contributed by atoms with Crippen LogP contribution in [0.4, 0.5) is 0 Å². The van der Waals surface area contributed by atoms with Gasteiger partial charge in [0.05, 0.1) is 17.4 Å². The van der Waals surface area contributed by atoms with Crippen LogP contribution in [-0.2, 0) is 0 Å². The van der Waals surface area contributed by atoms with E-state index >= 15 is 0 Å². The molecule has 3 aromatic rings. The van der Waals surface area contributed by atoms with Crippen LogP contribution < -0.4 is 0 Å². The summed E-state index contributed by atoms with van der Waals surface area (Å²) < 4.78 is 5.23. The Labute approximate surface area is 163 Å². The molecule has 4 heterocycles. The lowest BCUT2D eigenvalue weighted by Crippen LogP contribution is -2.39. The van der Waals surface area contributed by atoms with Gasteiger partial charge in [-0.2, -0.15) is 0 Å². The van der Waals surface area contributed by atoms with Gasteiger partial charge >= 0.3 is 0 Å². The molecule has 1 aliphatic rings. The molecule has 1 unspecified atom stereocenters. The van der Waals surface area contributed by atoms with Crippen LogP contribution in [0, 0.1) is 20.8 Å². The fourth-order valence-electron chi connectivity index (χ4n) is 3.89. The molecular formula is C21H23N5O2. The summed E-state index contributed by atoms with van der Waals surface area (Å²) in [6.45, 7) is 6.15. The first-order valence-corrected chi connectivity index (χ1v) is 9.54. The number of nitrogens with zero attached hydrogens (tertiary/aromatic N) is 5. The van der Waals surface area contributed by atoms with Crippen LogP contribution in [0.5, 0.6) is 0 Å². The molecule has 0 spiro atoms. The van der Waals surface area contributed by atoms with Crippen LogP contribution >= 0.6 is 0 Å². The second-order valence-corrected chi connectivity index (χ2v) is 7.16. The molecular weight excluding hydrogens is 354 g/mol. The van der Waals surface area contributed by atoms with Gasteiger partial charge in [0, 0.05) is 30.7 Å². The van der Waals surface area contributed by atoms with Crippen LogP contribution in [-0.4, -0.2) is 37.5 Å². The molecule has 0 aromatic carbocycles. The number of rotatable bonds is 3. The van der Waals surface area contributed by atoms with Crippen molar-refractivity contribution in [2.45, 2.75) is 46.1 Å².